The molecule has 124 valence electrons. The Morgan fingerprint density at radius 2 is 1.88 bits per heavy atom. The van der Waals surface area contributed by atoms with Crippen LogP contribution in [0.1, 0.15) is 5.56 Å². The van der Waals surface area contributed by atoms with Gasteiger partial charge in [0.2, 0.25) is 0 Å². The van der Waals surface area contributed by atoms with Gasteiger partial charge in [-0.05, 0) is 35.9 Å². The Bertz CT molecular complexity index is 820. The Balaban J connectivity index is 1.57. The van der Waals surface area contributed by atoms with Crippen LogP contribution in [0.3, 0.4) is 0 Å². The number of aromatic nitrogens is 2. The molecule has 0 aliphatic carbocycles. The summed E-state index contributed by atoms with van der Waals surface area (Å²) in [5, 5.41) is 5.74. The monoisotopic (exact) mass is 323 g/mol. The molecular formula is C19H21N3O2. The summed E-state index contributed by atoms with van der Waals surface area (Å²) in [5.41, 5.74) is 3.61. The number of rotatable bonds is 4. The van der Waals surface area contributed by atoms with Crippen molar-refractivity contribution >= 4 is 16.6 Å². The van der Waals surface area contributed by atoms with Crippen LogP contribution < -0.4 is 9.64 Å². The van der Waals surface area contributed by atoms with Crippen LogP contribution in [-0.4, -0.2) is 43.2 Å². The van der Waals surface area contributed by atoms with E-state index >= 15 is 0 Å². The normalized spacial score (nSPS) is 15.0. The van der Waals surface area contributed by atoms with E-state index in [1.807, 2.05) is 23.0 Å². The van der Waals surface area contributed by atoms with Gasteiger partial charge in [-0.3, -0.25) is 4.68 Å². The number of nitrogens with zero attached hydrogens (tertiary/aromatic N) is 3. The maximum absolute atomic E-state index is 5.43. The number of benzene rings is 2. The summed E-state index contributed by atoms with van der Waals surface area (Å²) in [6.45, 7) is 4.25. The first-order valence-electron chi connectivity index (χ1n) is 8.25. The quantitative estimate of drug-likeness (QED) is 0.740. The van der Waals surface area contributed by atoms with E-state index < -0.39 is 0 Å². The minimum absolute atomic E-state index is 0.754. The van der Waals surface area contributed by atoms with Gasteiger partial charge < -0.3 is 14.4 Å². The fourth-order valence-electron chi connectivity index (χ4n) is 3.12. The zero-order valence-corrected chi connectivity index (χ0v) is 13.8. The number of morpholine rings is 1. The maximum Gasteiger partial charge on any atom is 0.118 e. The van der Waals surface area contributed by atoms with Crippen molar-refractivity contribution in [2.24, 2.45) is 0 Å². The molecule has 0 amide bonds. The van der Waals surface area contributed by atoms with Gasteiger partial charge in [0.1, 0.15) is 5.75 Å². The second-order valence-electron chi connectivity index (χ2n) is 5.99. The smallest absolute Gasteiger partial charge is 0.118 e. The van der Waals surface area contributed by atoms with E-state index in [0.29, 0.717) is 0 Å². The lowest BCUT2D eigenvalue weighted by Crippen LogP contribution is -2.36. The summed E-state index contributed by atoms with van der Waals surface area (Å²) in [6.07, 6.45) is 1.95. The highest BCUT2D eigenvalue weighted by molar-refractivity contribution is 5.82. The molecule has 1 aliphatic rings. The van der Waals surface area contributed by atoms with Crippen molar-refractivity contribution in [2.45, 2.75) is 6.54 Å². The van der Waals surface area contributed by atoms with E-state index in [4.69, 9.17) is 9.47 Å². The molecule has 0 bridgehead atoms. The molecule has 1 fully saturated rings. The van der Waals surface area contributed by atoms with E-state index in [2.05, 4.69) is 40.3 Å². The maximum atomic E-state index is 5.43. The fraction of sp³-hybridized carbons (Fsp3) is 0.316. The second kappa shape index (κ2) is 6.53. The van der Waals surface area contributed by atoms with Gasteiger partial charge in [-0.2, -0.15) is 5.10 Å². The summed E-state index contributed by atoms with van der Waals surface area (Å²) in [7, 11) is 1.68. The van der Waals surface area contributed by atoms with Gasteiger partial charge in [-0.15, -0.1) is 0 Å². The van der Waals surface area contributed by atoms with Crippen molar-refractivity contribution in [1.82, 2.24) is 9.78 Å². The summed E-state index contributed by atoms with van der Waals surface area (Å²) in [6, 6.07) is 14.7. The lowest BCUT2D eigenvalue weighted by molar-refractivity contribution is 0.122. The Morgan fingerprint density at radius 1 is 1.08 bits per heavy atom. The molecule has 0 spiro atoms. The highest BCUT2D eigenvalue weighted by atomic mass is 16.5. The average molecular weight is 323 g/mol. The first kappa shape index (κ1) is 15.0. The zero-order chi connectivity index (χ0) is 16.4. The first-order valence-corrected chi connectivity index (χ1v) is 8.25. The summed E-state index contributed by atoms with van der Waals surface area (Å²) in [5.74, 6) is 0.874. The molecule has 0 atom stereocenters. The molecule has 1 aliphatic heterocycles. The molecule has 0 N–H and O–H groups in total. The van der Waals surface area contributed by atoms with Gasteiger partial charge in [0.25, 0.3) is 0 Å². The molecule has 3 aromatic rings. The summed E-state index contributed by atoms with van der Waals surface area (Å²) < 4.78 is 12.7. The highest BCUT2D eigenvalue weighted by Gasteiger charge is 2.12. The van der Waals surface area contributed by atoms with E-state index in [9.17, 15) is 0 Å². The third kappa shape index (κ3) is 2.95. The molecule has 0 unspecified atom stereocenters. The third-order valence-corrected chi connectivity index (χ3v) is 4.49. The van der Waals surface area contributed by atoms with Gasteiger partial charge in [0.05, 0.1) is 38.6 Å². The van der Waals surface area contributed by atoms with Gasteiger partial charge in [0, 0.05) is 24.2 Å². The van der Waals surface area contributed by atoms with Crippen molar-refractivity contribution in [1.29, 1.82) is 0 Å². The molecule has 0 saturated carbocycles. The predicted molar refractivity (Wildman–Crippen MR) is 94.9 cm³/mol. The summed E-state index contributed by atoms with van der Waals surface area (Å²) >= 11 is 0. The molecular weight excluding hydrogens is 302 g/mol. The van der Waals surface area contributed by atoms with Crippen molar-refractivity contribution < 1.29 is 9.47 Å². The third-order valence-electron chi connectivity index (χ3n) is 4.49. The largest absolute Gasteiger partial charge is 0.497 e. The molecule has 24 heavy (non-hydrogen) atoms. The first-order chi connectivity index (χ1) is 11.8. The molecule has 5 nitrogen and oxygen atoms in total. The standard InChI is InChI=1S/C19H21N3O2/c1-23-18-5-2-15(3-6-18)14-22-19-7-4-17(12-16(19)13-20-22)21-8-10-24-11-9-21/h2-7,12-13H,8-11,14H2,1H3. The van der Waals surface area contributed by atoms with Crippen molar-refractivity contribution in [3.63, 3.8) is 0 Å². The van der Waals surface area contributed by atoms with E-state index in [-0.39, 0.29) is 0 Å². The van der Waals surface area contributed by atoms with Crippen LogP contribution in [0.15, 0.2) is 48.7 Å². The van der Waals surface area contributed by atoms with Gasteiger partial charge >= 0.3 is 0 Å². The highest BCUT2D eigenvalue weighted by Crippen LogP contribution is 2.23. The second-order valence-corrected chi connectivity index (χ2v) is 5.99. The molecule has 0 radical (unpaired) electrons. The molecule has 2 heterocycles. The summed E-state index contributed by atoms with van der Waals surface area (Å²) in [4.78, 5) is 2.36. The van der Waals surface area contributed by atoms with Crippen LogP contribution in [0.5, 0.6) is 5.75 Å². The van der Waals surface area contributed by atoms with Crippen LogP contribution in [-0.2, 0) is 11.3 Å². The van der Waals surface area contributed by atoms with Crippen molar-refractivity contribution in [3.05, 3.63) is 54.2 Å². The number of fused-ring (bicyclic) bond motifs is 1. The number of hydrogen-bond acceptors (Lipinski definition) is 4. The van der Waals surface area contributed by atoms with Gasteiger partial charge in [-0.25, -0.2) is 0 Å². The van der Waals surface area contributed by atoms with Crippen LogP contribution in [0, 0.1) is 0 Å². The fourth-order valence-corrected chi connectivity index (χ4v) is 3.12. The lowest BCUT2D eigenvalue weighted by atomic mass is 10.2. The molecule has 1 saturated heterocycles. The molecule has 2 aromatic carbocycles. The van der Waals surface area contributed by atoms with E-state index in [0.717, 1.165) is 44.1 Å². The lowest BCUT2D eigenvalue weighted by Gasteiger charge is -2.28. The predicted octanol–water partition coefficient (Wildman–Crippen LogP) is 2.93. The zero-order valence-electron chi connectivity index (χ0n) is 13.8. The van der Waals surface area contributed by atoms with Crippen LogP contribution in [0.25, 0.3) is 10.9 Å². The Hall–Kier alpha value is -2.53. The minimum Gasteiger partial charge on any atom is -0.497 e. The van der Waals surface area contributed by atoms with Crippen LogP contribution in [0.4, 0.5) is 5.69 Å². The van der Waals surface area contributed by atoms with Gasteiger partial charge in [0.15, 0.2) is 0 Å². The topological polar surface area (TPSA) is 39.5 Å². The number of methoxy groups -OCH3 is 1. The molecule has 1 aromatic heterocycles. The minimum atomic E-state index is 0.754. The van der Waals surface area contributed by atoms with Crippen molar-refractivity contribution in [2.75, 3.05) is 38.3 Å². The molecule has 4 rings (SSSR count). The Kier molecular flexibility index (Phi) is 4.09. The molecule has 5 heteroatoms. The van der Waals surface area contributed by atoms with E-state index in [1.165, 1.54) is 16.6 Å². The number of anilines is 1. The Morgan fingerprint density at radius 3 is 2.62 bits per heavy atom. The van der Waals surface area contributed by atoms with Crippen LogP contribution in [0.2, 0.25) is 0 Å². The van der Waals surface area contributed by atoms with Gasteiger partial charge in [-0.1, -0.05) is 12.1 Å². The number of ether oxygens (including phenoxy) is 2. The number of hydrogen-bond donors (Lipinski definition) is 0. The van der Waals surface area contributed by atoms with Crippen molar-refractivity contribution in [3.8, 4) is 5.75 Å². The van der Waals surface area contributed by atoms with Crippen LogP contribution >= 0.6 is 0 Å². The van der Waals surface area contributed by atoms with E-state index in [1.54, 1.807) is 7.11 Å². The Labute approximate surface area is 141 Å². The average Bonchev–Trinajstić information content (AvgIpc) is 3.05. The SMILES string of the molecule is COc1ccc(Cn2ncc3cc(N4CCOCC4)ccc32)cc1.